The Hall–Kier alpha value is -1.92. The highest BCUT2D eigenvalue weighted by molar-refractivity contribution is 7.89. The van der Waals surface area contributed by atoms with Crippen LogP contribution in [-0.4, -0.2) is 13.4 Å². The molecule has 0 radical (unpaired) electrons. The second kappa shape index (κ2) is 5.83. The Morgan fingerprint density at radius 3 is 2.33 bits per heavy atom. The van der Waals surface area contributed by atoms with Crippen molar-refractivity contribution >= 4 is 15.7 Å². The Morgan fingerprint density at radius 1 is 1.14 bits per heavy atom. The summed E-state index contributed by atoms with van der Waals surface area (Å²) in [4.78, 5) is 4.30. The van der Waals surface area contributed by atoms with Gasteiger partial charge in [0.25, 0.3) is 0 Å². The highest BCUT2D eigenvalue weighted by atomic mass is 32.2. The minimum Gasteiger partial charge on any atom is -0.399 e. The van der Waals surface area contributed by atoms with E-state index < -0.39 is 10.0 Å². The maximum Gasteiger partial charge on any atom is 0.241 e. The molecule has 0 spiro atoms. The van der Waals surface area contributed by atoms with Gasteiger partial charge in [-0.15, -0.1) is 0 Å². The van der Waals surface area contributed by atoms with Crippen LogP contribution in [0.3, 0.4) is 0 Å². The molecule has 0 saturated carbocycles. The third-order valence-corrected chi connectivity index (χ3v) is 5.06. The van der Waals surface area contributed by atoms with Crippen molar-refractivity contribution in [3.63, 3.8) is 0 Å². The normalized spacial score (nSPS) is 11.6. The van der Waals surface area contributed by atoms with Crippen molar-refractivity contribution in [2.45, 2.75) is 32.2 Å². The summed E-state index contributed by atoms with van der Waals surface area (Å²) in [5.41, 5.74) is 9.43. The van der Waals surface area contributed by atoms with E-state index in [0.717, 1.165) is 11.1 Å². The fourth-order valence-corrected chi connectivity index (χ4v) is 3.79. The van der Waals surface area contributed by atoms with Crippen molar-refractivity contribution in [2.24, 2.45) is 0 Å². The lowest BCUT2D eigenvalue weighted by molar-refractivity contribution is 0.580. The van der Waals surface area contributed by atoms with Crippen LogP contribution in [0.1, 0.15) is 22.3 Å². The molecule has 2 rings (SSSR count). The summed E-state index contributed by atoms with van der Waals surface area (Å²) >= 11 is 0. The van der Waals surface area contributed by atoms with Gasteiger partial charge in [-0.3, -0.25) is 4.98 Å². The van der Waals surface area contributed by atoms with Crippen LogP contribution in [0.4, 0.5) is 5.69 Å². The molecule has 112 valence electrons. The van der Waals surface area contributed by atoms with Gasteiger partial charge in [0.15, 0.2) is 0 Å². The third kappa shape index (κ3) is 3.40. The Morgan fingerprint density at radius 2 is 1.76 bits per heavy atom. The molecule has 0 atom stereocenters. The monoisotopic (exact) mass is 305 g/mol. The van der Waals surface area contributed by atoms with Crippen LogP contribution in [0.5, 0.6) is 0 Å². The van der Waals surface area contributed by atoms with E-state index >= 15 is 0 Å². The Labute approximate surface area is 125 Å². The van der Waals surface area contributed by atoms with Crippen LogP contribution in [0, 0.1) is 20.8 Å². The maximum atomic E-state index is 12.5. The van der Waals surface area contributed by atoms with Crippen molar-refractivity contribution in [1.82, 2.24) is 9.71 Å². The zero-order chi connectivity index (χ0) is 15.6. The smallest absolute Gasteiger partial charge is 0.241 e. The van der Waals surface area contributed by atoms with E-state index in [2.05, 4.69) is 9.71 Å². The highest BCUT2D eigenvalue weighted by Crippen LogP contribution is 2.23. The van der Waals surface area contributed by atoms with Gasteiger partial charge < -0.3 is 5.73 Å². The number of rotatable bonds is 4. The van der Waals surface area contributed by atoms with Crippen molar-refractivity contribution in [1.29, 1.82) is 0 Å². The van der Waals surface area contributed by atoms with Gasteiger partial charge in [-0.2, -0.15) is 0 Å². The molecule has 1 heterocycles. The van der Waals surface area contributed by atoms with Gasteiger partial charge in [0.05, 0.1) is 4.90 Å². The van der Waals surface area contributed by atoms with Gasteiger partial charge in [-0.25, -0.2) is 13.1 Å². The summed E-state index contributed by atoms with van der Waals surface area (Å²) in [5.74, 6) is 0. The summed E-state index contributed by atoms with van der Waals surface area (Å²) in [6, 6.07) is 5.18. The van der Waals surface area contributed by atoms with E-state index in [1.807, 2.05) is 13.0 Å². The lowest BCUT2D eigenvalue weighted by atomic mass is 10.1. The van der Waals surface area contributed by atoms with Gasteiger partial charge in [-0.05, 0) is 61.2 Å². The van der Waals surface area contributed by atoms with E-state index in [4.69, 9.17) is 5.73 Å². The standard InChI is InChI=1S/C15H19N3O2S/c1-10-4-5-17-8-13(10)9-18-21(19,20)15-11(2)6-14(16)7-12(15)3/h4-8,18H,9,16H2,1-3H3. The molecule has 0 amide bonds. The molecular formula is C15H19N3O2S. The van der Waals surface area contributed by atoms with Gasteiger partial charge in [0, 0.05) is 24.6 Å². The molecule has 1 aromatic heterocycles. The molecule has 0 bridgehead atoms. The minimum absolute atomic E-state index is 0.214. The van der Waals surface area contributed by atoms with Crippen LogP contribution >= 0.6 is 0 Å². The summed E-state index contributed by atoms with van der Waals surface area (Å²) in [7, 11) is -3.59. The van der Waals surface area contributed by atoms with E-state index in [-0.39, 0.29) is 6.54 Å². The van der Waals surface area contributed by atoms with Crippen LogP contribution in [0.25, 0.3) is 0 Å². The molecule has 1 aromatic carbocycles. The molecular weight excluding hydrogens is 286 g/mol. The molecule has 21 heavy (non-hydrogen) atoms. The second-order valence-corrected chi connectivity index (χ2v) is 6.81. The first kappa shape index (κ1) is 15.5. The lowest BCUT2D eigenvalue weighted by Gasteiger charge is -2.13. The zero-order valence-electron chi connectivity index (χ0n) is 12.3. The molecule has 0 unspecified atom stereocenters. The average Bonchev–Trinajstić information content (AvgIpc) is 2.36. The third-order valence-electron chi connectivity index (χ3n) is 3.35. The first-order valence-electron chi connectivity index (χ1n) is 6.57. The predicted molar refractivity (Wildman–Crippen MR) is 83.3 cm³/mol. The van der Waals surface area contributed by atoms with Gasteiger partial charge in [-0.1, -0.05) is 0 Å². The summed E-state index contributed by atoms with van der Waals surface area (Å²) in [5, 5.41) is 0. The Bertz CT molecular complexity index is 747. The van der Waals surface area contributed by atoms with E-state index in [1.54, 1.807) is 38.4 Å². The van der Waals surface area contributed by atoms with Gasteiger partial charge in [0.2, 0.25) is 10.0 Å². The van der Waals surface area contributed by atoms with Crippen molar-refractivity contribution in [3.05, 3.63) is 52.8 Å². The zero-order valence-corrected chi connectivity index (χ0v) is 13.2. The largest absolute Gasteiger partial charge is 0.399 e. The number of sulfonamides is 1. The fraction of sp³-hybridized carbons (Fsp3) is 0.267. The predicted octanol–water partition coefficient (Wildman–Crippen LogP) is 2.07. The van der Waals surface area contributed by atoms with Crippen molar-refractivity contribution < 1.29 is 8.42 Å². The van der Waals surface area contributed by atoms with Crippen LogP contribution in [0.15, 0.2) is 35.5 Å². The fourth-order valence-electron chi connectivity index (χ4n) is 2.33. The van der Waals surface area contributed by atoms with E-state index in [0.29, 0.717) is 21.7 Å². The van der Waals surface area contributed by atoms with Crippen LogP contribution in [-0.2, 0) is 16.6 Å². The first-order valence-corrected chi connectivity index (χ1v) is 8.05. The van der Waals surface area contributed by atoms with Gasteiger partial charge in [0.1, 0.15) is 0 Å². The average molecular weight is 305 g/mol. The second-order valence-electron chi connectivity index (χ2n) is 5.11. The van der Waals surface area contributed by atoms with Crippen molar-refractivity contribution in [3.8, 4) is 0 Å². The molecule has 2 aromatic rings. The topological polar surface area (TPSA) is 85.1 Å². The number of pyridine rings is 1. The van der Waals surface area contributed by atoms with E-state index in [9.17, 15) is 8.42 Å². The molecule has 0 fully saturated rings. The summed E-state index contributed by atoms with van der Waals surface area (Å²) < 4.78 is 27.6. The molecule has 0 saturated heterocycles. The number of nitrogen functional groups attached to an aromatic ring is 1. The highest BCUT2D eigenvalue weighted by Gasteiger charge is 2.19. The molecule has 0 aliphatic heterocycles. The molecule has 3 N–H and O–H groups in total. The SMILES string of the molecule is Cc1ccncc1CNS(=O)(=O)c1c(C)cc(N)cc1C. The Kier molecular flexibility index (Phi) is 4.29. The Balaban J connectivity index is 2.30. The van der Waals surface area contributed by atoms with Crippen molar-refractivity contribution in [2.75, 3.05) is 5.73 Å². The number of nitrogens with two attached hydrogens (primary N) is 1. The van der Waals surface area contributed by atoms with Crippen LogP contribution in [0.2, 0.25) is 0 Å². The summed E-state index contributed by atoms with van der Waals surface area (Å²) in [6.07, 6.45) is 3.35. The lowest BCUT2D eigenvalue weighted by Crippen LogP contribution is -2.25. The molecule has 0 aliphatic carbocycles. The number of benzene rings is 1. The quantitative estimate of drug-likeness (QED) is 0.847. The summed E-state index contributed by atoms with van der Waals surface area (Å²) in [6.45, 7) is 5.62. The molecule has 0 aliphatic rings. The minimum atomic E-state index is -3.59. The first-order chi connectivity index (χ1) is 9.81. The number of aryl methyl sites for hydroxylation is 3. The van der Waals surface area contributed by atoms with Crippen LogP contribution < -0.4 is 10.5 Å². The number of nitrogens with zero attached hydrogens (tertiary/aromatic N) is 1. The number of anilines is 1. The molecule has 6 heteroatoms. The maximum absolute atomic E-state index is 12.5. The van der Waals surface area contributed by atoms with E-state index in [1.165, 1.54) is 0 Å². The molecule has 5 nitrogen and oxygen atoms in total. The number of nitrogens with one attached hydrogen (secondary N) is 1. The number of hydrogen-bond acceptors (Lipinski definition) is 4. The number of hydrogen-bond donors (Lipinski definition) is 2. The number of aromatic nitrogens is 1. The van der Waals surface area contributed by atoms with Gasteiger partial charge >= 0.3 is 0 Å².